The van der Waals surface area contributed by atoms with Crippen LogP contribution < -0.4 is 4.90 Å². The van der Waals surface area contributed by atoms with Crippen LogP contribution in [-0.4, -0.2) is 57.7 Å². The number of fused-ring (bicyclic) bond motifs is 1. The Hall–Kier alpha value is -2.44. The summed E-state index contributed by atoms with van der Waals surface area (Å²) < 4.78 is 0. The van der Waals surface area contributed by atoms with Gasteiger partial charge in [0.05, 0.1) is 11.4 Å². The maximum absolute atomic E-state index is 13.0. The lowest BCUT2D eigenvalue weighted by Crippen LogP contribution is -2.54. The van der Waals surface area contributed by atoms with Gasteiger partial charge in [0, 0.05) is 45.1 Å². The molecule has 7 heteroatoms. The van der Waals surface area contributed by atoms with E-state index in [9.17, 15) is 9.59 Å². The van der Waals surface area contributed by atoms with E-state index in [-0.39, 0.29) is 17.9 Å². The van der Waals surface area contributed by atoms with Crippen LogP contribution in [0, 0.1) is 11.8 Å². The van der Waals surface area contributed by atoms with E-state index in [1.807, 2.05) is 17.2 Å². The molecule has 1 aliphatic heterocycles. The van der Waals surface area contributed by atoms with E-state index in [1.54, 1.807) is 6.33 Å². The smallest absolute Gasteiger partial charge is 0.225 e. The predicted octanol–water partition coefficient (Wildman–Crippen LogP) is 2.39. The van der Waals surface area contributed by atoms with Crippen molar-refractivity contribution in [1.29, 1.82) is 0 Å². The number of carbonyl (C=O) groups excluding carboxylic acids is 2. The quantitative estimate of drug-likeness (QED) is 0.898. The van der Waals surface area contributed by atoms with Crippen molar-refractivity contribution in [2.75, 3.05) is 25.0 Å². The standard InChI is InChI=1S/C20H27N5O2/c1-13-8-10-25(20(27)14-3-5-15(26)6-4-14)11-17(13)24(2)19-16-7-9-21-18(16)22-12-23-19/h7,9,12-14,17H,3-6,8,10-11H2,1-2H3,(H,21,22,23). The predicted molar refractivity (Wildman–Crippen MR) is 103 cm³/mol. The number of carbonyl (C=O) groups is 2. The Morgan fingerprint density at radius 1 is 1.26 bits per heavy atom. The number of ketones is 1. The van der Waals surface area contributed by atoms with Crippen molar-refractivity contribution in [3.63, 3.8) is 0 Å². The summed E-state index contributed by atoms with van der Waals surface area (Å²) >= 11 is 0. The molecule has 0 bridgehead atoms. The zero-order valence-corrected chi connectivity index (χ0v) is 16.0. The summed E-state index contributed by atoms with van der Waals surface area (Å²) in [6.45, 7) is 3.76. The number of piperidine rings is 1. The average molecular weight is 369 g/mol. The summed E-state index contributed by atoms with van der Waals surface area (Å²) in [5.74, 6) is 1.90. The number of amides is 1. The number of likely N-dealkylation sites (N-methyl/N-ethyl adjacent to an activating group) is 1. The van der Waals surface area contributed by atoms with Gasteiger partial charge in [0.25, 0.3) is 0 Å². The van der Waals surface area contributed by atoms with Crippen LogP contribution >= 0.6 is 0 Å². The molecule has 2 fully saturated rings. The van der Waals surface area contributed by atoms with Crippen molar-refractivity contribution >= 4 is 28.5 Å². The SMILES string of the molecule is CC1CCN(C(=O)C2CCC(=O)CC2)CC1N(C)c1ncnc2[nH]ccc12. The molecule has 0 aromatic carbocycles. The number of aromatic amines is 1. The van der Waals surface area contributed by atoms with Gasteiger partial charge in [0.15, 0.2) is 0 Å². The number of hydrogen-bond donors (Lipinski definition) is 1. The topological polar surface area (TPSA) is 82.2 Å². The molecular weight excluding hydrogens is 342 g/mol. The zero-order chi connectivity index (χ0) is 19.0. The fourth-order valence-corrected chi connectivity index (χ4v) is 4.50. The Labute approximate surface area is 159 Å². The third-order valence-electron chi connectivity index (χ3n) is 6.29. The molecule has 0 radical (unpaired) electrons. The van der Waals surface area contributed by atoms with Crippen LogP contribution in [0.15, 0.2) is 18.6 Å². The lowest BCUT2D eigenvalue weighted by Gasteiger charge is -2.43. The second kappa shape index (κ2) is 7.29. The molecule has 144 valence electrons. The van der Waals surface area contributed by atoms with Crippen molar-refractivity contribution in [2.24, 2.45) is 11.8 Å². The third-order valence-corrected chi connectivity index (χ3v) is 6.29. The Morgan fingerprint density at radius 2 is 2.04 bits per heavy atom. The van der Waals surface area contributed by atoms with Crippen LogP contribution in [-0.2, 0) is 9.59 Å². The summed E-state index contributed by atoms with van der Waals surface area (Å²) in [5, 5.41) is 1.00. The molecule has 0 spiro atoms. The van der Waals surface area contributed by atoms with Crippen molar-refractivity contribution in [3.8, 4) is 0 Å². The molecule has 1 aliphatic carbocycles. The fraction of sp³-hybridized carbons (Fsp3) is 0.600. The highest BCUT2D eigenvalue weighted by atomic mass is 16.2. The van der Waals surface area contributed by atoms with E-state index in [2.05, 4.69) is 33.8 Å². The monoisotopic (exact) mass is 369 g/mol. The maximum atomic E-state index is 13.0. The minimum Gasteiger partial charge on any atom is -0.354 e. The van der Waals surface area contributed by atoms with Crippen LogP contribution in [0.1, 0.15) is 39.0 Å². The number of hydrogen-bond acceptors (Lipinski definition) is 5. The lowest BCUT2D eigenvalue weighted by atomic mass is 9.85. The third kappa shape index (κ3) is 3.42. The van der Waals surface area contributed by atoms with Crippen LogP contribution in [0.3, 0.4) is 0 Å². The number of Topliss-reactive ketones (excluding diaryl/α,β-unsaturated/α-hetero) is 1. The Bertz CT molecular complexity index is 838. The highest BCUT2D eigenvalue weighted by Gasteiger charge is 2.36. The molecule has 1 saturated carbocycles. The van der Waals surface area contributed by atoms with E-state index in [4.69, 9.17) is 0 Å². The number of rotatable bonds is 3. The van der Waals surface area contributed by atoms with Gasteiger partial charge in [0.2, 0.25) is 5.91 Å². The van der Waals surface area contributed by atoms with E-state index in [1.165, 1.54) is 0 Å². The molecule has 1 N–H and O–H groups in total. The lowest BCUT2D eigenvalue weighted by molar-refractivity contribution is -0.139. The first-order valence-electron chi connectivity index (χ1n) is 9.86. The van der Waals surface area contributed by atoms with Gasteiger partial charge in [-0.3, -0.25) is 9.59 Å². The van der Waals surface area contributed by atoms with Gasteiger partial charge in [-0.25, -0.2) is 9.97 Å². The van der Waals surface area contributed by atoms with Crippen molar-refractivity contribution < 1.29 is 9.59 Å². The number of likely N-dealkylation sites (tertiary alicyclic amines) is 1. The average Bonchev–Trinajstić information content (AvgIpc) is 3.17. The van der Waals surface area contributed by atoms with E-state index in [0.717, 1.165) is 29.8 Å². The molecule has 1 amide bonds. The Balaban J connectivity index is 1.51. The van der Waals surface area contributed by atoms with E-state index >= 15 is 0 Å². The molecule has 2 aromatic rings. The maximum Gasteiger partial charge on any atom is 0.225 e. The second-order valence-electron chi connectivity index (χ2n) is 7.98. The number of aromatic nitrogens is 3. The Kier molecular flexibility index (Phi) is 4.85. The van der Waals surface area contributed by atoms with E-state index < -0.39 is 0 Å². The number of H-pyrrole nitrogens is 1. The summed E-state index contributed by atoms with van der Waals surface area (Å²) in [7, 11) is 2.06. The first-order chi connectivity index (χ1) is 13.0. The minimum atomic E-state index is 0.0116. The summed E-state index contributed by atoms with van der Waals surface area (Å²) in [4.78, 5) is 40.6. The molecule has 1 saturated heterocycles. The molecule has 27 heavy (non-hydrogen) atoms. The molecule has 2 aliphatic rings. The van der Waals surface area contributed by atoms with Gasteiger partial charge in [-0.05, 0) is 31.2 Å². The van der Waals surface area contributed by atoms with Gasteiger partial charge in [-0.1, -0.05) is 6.92 Å². The summed E-state index contributed by atoms with van der Waals surface area (Å²) in [6.07, 6.45) is 6.96. The second-order valence-corrected chi connectivity index (χ2v) is 7.98. The molecule has 2 unspecified atom stereocenters. The van der Waals surface area contributed by atoms with Crippen LogP contribution in [0.2, 0.25) is 0 Å². The summed E-state index contributed by atoms with van der Waals surface area (Å²) in [5.41, 5.74) is 0.829. The van der Waals surface area contributed by atoms with Crippen LogP contribution in [0.4, 0.5) is 5.82 Å². The van der Waals surface area contributed by atoms with Gasteiger partial charge >= 0.3 is 0 Å². The normalized spacial score (nSPS) is 24.4. The molecular formula is C20H27N5O2. The minimum absolute atomic E-state index is 0.0116. The molecule has 7 nitrogen and oxygen atoms in total. The van der Waals surface area contributed by atoms with Gasteiger partial charge < -0.3 is 14.8 Å². The highest BCUT2D eigenvalue weighted by molar-refractivity contribution is 5.87. The molecule has 4 rings (SSSR count). The van der Waals surface area contributed by atoms with Gasteiger partial charge in [-0.2, -0.15) is 0 Å². The molecule has 2 atom stereocenters. The van der Waals surface area contributed by atoms with E-state index in [0.29, 0.717) is 43.9 Å². The first-order valence-corrected chi connectivity index (χ1v) is 9.86. The number of nitrogens with zero attached hydrogens (tertiary/aromatic N) is 4. The fourth-order valence-electron chi connectivity index (χ4n) is 4.50. The summed E-state index contributed by atoms with van der Waals surface area (Å²) in [6, 6.07) is 2.21. The largest absolute Gasteiger partial charge is 0.354 e. The van der Waals surface area contributed by atoms with Gasteiger partial charge in [-0.15, -0.1) is 0 Å². The molecule has 2 aromatic heterocycles. The number of anilines is 1. The highest BCUT2D eigenvalue weighted by Crippen LogP contribution is 2.30. The van der Waals surface area contributed by atoms with Crippen molar-refractivity contribution in [2.45, 2.75) is 45.1 Å². The van der Waals surface area contributed by atoms with Gasteiger partial charge in [0.1, 0.15) is 23.6 Å². The molecule has 3 heterocycles. The van der Waals surface area contributed by atoms with Crippen LogP contribution in [0.25, 0.3) is 11.0 Å². The number of nitrogens with one attached hydrogen (secondary N) is 1. The van der Waals surface area contributed by atoms with Crippen LogP contribution in [0.5, 0.6) is 0 Å². The van der Waals surface area contributed by atoms with Crippen molar-refractivity contribution in [1.82, 2.24) is 19.9 Å². The first kappa shape index (κ1) is 17.9. The Morgan fingerprint density at radius 3 is 2.81 bits per heavy atom. The van der Waals surface area contributed by atoms with Crippen molar-refractivity contribution in [3.05, 3.63) is 18.6 Å². The zero-order valence-electron chi connectivity index (χ0n) is 16.0.